The van der Waals surface area contributed by atoms with E-state index in [2.05, 4.69) is 130 Å². The van der Waals surface area contributed by atoms with Gasteiger partial charge in [0.15, 0.2) is 6.10 Å². The van der Waals surface area contributed by atoms with E-state index in [9.17, 15) is 14.4 Å². The first-order chi connectivity index (χ1) is 41.0. The number of carbonyl (C=O) groups is 3. The zero-order valence-electron chi connectivity index (χ0n) is 54.7. The van der Waals surface area contributed by atoms with Crippen molar-refractivity contribution in [3.8, 4) is 0 Å². The third-order valence-electron chi connectivity index (χ3n) is 15.2. The van der Waals surface area contributed by atoms with Gasteiger partial charge >= 0.3 is 17.9 Å². The number of hydrogen-bond donors (Lipinski definition) is 0. The van der Waals surface area contributed by atoms with Crippen LogP contribution in [0.25, 0.3) is 0 Å². The second-order valence-corrected chi connectivity index (χ2v) is 23.4. The molecule has 0 N–H and O–H groups in total. The molecule has 0 aliphatic carbocycles. The Morgan fingerprint density at radius 2 is 0.470 bits per heavy atom. The fourth-order valence-electron chi connectivity index (χ4n) is 9.94. The first kappa shape index (κ1) is 79.1. The van der Waals surface area contributed by atoms with Crippen LogP contribution in [0.15, 0.2) is 109 Å². The highest BCUT2D eigenvalue weighted by Crippen LogP contribution is 2.17. The Labute approximate surface area is 514 Å². The molecule has 0 aliphatic rings. The van der Waals surface area contributed by atoms with Crippen LogP contribution >= 0.6 is 0 Å². The molecule has 0 saturated carbocycles. The highest BCUT2D eigenvalue weighted by molar-refractivity contribution is 5.71. The normalized spacial score (nSPS) is 12.8. The van der Waals surface area contributed by atoms with Gasteiger partial charge in [0.2, 0.25) is 0 Å². The molecular weight excluding hydrogens is 1020 g/mol. The monoisotopic (exact) mass is 1150 g/mol. The second kappa shape index (κ2) is 70.6. The van der Waals surface area contributed by atoms with E-state index in [1.807, 2.05) is 0 Å². The van der Waals surface area contributed by atoms with Crippen LogP contribution in [-0.4, -0.2) is 37.2 Å². The van der Waals surface area contributed by atoms with Crippen LogP contribution in [0, 0.1) is 0 Å². The minimum atomic E-state index is -0.791. The van der Waals surface area contributed by atoms with Crippen molar-refractivity contribution in [1.82, 2.24) is 0 Å². The fourth-order valence-corrected chi connectivity index (χ4v) is 9.94. The lowest BCUT2D eigenvalue weighted by atomic mass is 10.0. The van der Waals surface area contributed by atoms with Crippen molar-refractivity contribution < 1.29 is 28.6 Å². The Balaban J connectivity index is 4.39. The number of carbonyl (C=O) groups excluding carboxylic acids is 3. The SMILES string of the molecule is CC/C=C\C/C=C\C/C=C\C/C=C\CCCCCCCCCCCCCCC(=O)OCC(COC(=O)CCCCCCCC/C=C\C/C=C\C/C=C\CCCCC)OC(=O)CCCCCCCCCCC/C=C\C/C=C\CCCCCCC. The predicted octanol–water partition coefficient (Wildman–Crippen LogP) is 24.6. The molecule has 476 valence electrons. The van der Waals surface area contributed by atoms with Gasteiger partial charge in [0, 0.05) is 19.3 Å². The lowest BCUT2D eigenvalue weighted by Crippen LogP contribution is -2.30. The maximum atomic E-state index is 13.0. The van der Waals surface area contributed by atoms with E-state index in [1.54, 1.807) is 0 Å². The maximum Gasteiger partial charge on any atom is 0.306 e. The predicted molar refractivity (Wildman–Crippen MR) is 362 cm³/mol. The Hall–Kier alpha value is -3.93. The molecule has 1 atom stereocenters. The molecule has 0 amide bonds. The number of allylic oxidation sites excluding steroid dienone is 18. The van der Waals surface area contributed by atoms with Gasteiger partial charge in [0.1, 0.15) is 13.2 Å². The highest BCUT2D eigenvalue weighted by Gasteiger charge is 2.19. The van der Waals surface area contributed by atoms with Crippen LogP contribution in [0.5, 0.6) is 0 Å². The maximum absolute atomic E-state index is 13.0. The molecular formula is C77H132O6. The van der Waals surface area contributed by atoms with E-state index in [4.69, 9.17) is 14.2 Å². The number of esters is 3. The Morgan fingerprint density at radius 3 is 0.759 bits per heavy atom. The molecule has 6 heteroatoms. The molecule has 0 aliphatic heterocycles. The van der Waals surface area contributed by atoms with Crippen LogP contribution in [0.2, 0.25) is 0 Å². The number of rotatable bonds is 64. The lowest BCUT2D eigenvalue weighted by molar-refractivity contribution is -0.167. The van der Waals surface area contributed by atoms with E-state index >= 15 is 0 Å². The summed E-state index contributed by atoms with van der Waals surface area (Å²) in [6.07, 6.45) is 96.7. The van der Waals surface area contributed by atoms with Crippen molar-refractivity contribution >= 4 is 17.9 Å². The molecule has 83 heavy (non-hydrogen) atoms. The van der Waals surface area contributed by atoms with Crippen molar-refractivity contribution in [3.63, 3.8) is 0 Å². The van der Waals surface area contributed by atoms with Gasteiger partial charge in [-0.1, -0.05) is 304 Å². The van der Waals surface area contributed by atoms with Crippen LogP contribution in [0.4, 0.5) is 0 Å². The second-order valence-electron chi connectivity index (χ2n) is 23.4. The third kappa shape index (κ3) is 68.7. The first-order valence-electron chi connectivity index (χ1n) is 35.4. The van der Waals surface area contributed by atoms with Gasteiger partial charge in [-0.2, -0.15) is 0 Å². The van der Waals surface area contributed by atoms with Crippen LogP contribution in [0.3, 0.4) is 0 Å². The van der Waals surface area contributed by atoms with Crippen molar-refractivity contribution in [3.05, 3.63) is 109 Å². The van der Waals surface area contributed by atoms with Crippen molar-refractivity contribution in [2.24, 2.45) is 0 Å². The van der Waals surface area contributed by atoms with E-state index in [0.717, 1.165) is 109 Å². The minimum Gasteiger partial charge on any atom is -0.462 e. The Bertz CT molecular complexity index is 1660. The molecule has 0 heterocycles. The Morgan fingerprint density at radius 1 is 0.253 bits per heavy atom. The topological polar surface area (TPSA) is 78.9 Å². The summed E-state index contributed by atoms with van der Waals surface area (Å²) in [5.74, 6) is -0.889. The molecule has 0 radical (unpaired) electrons. The van der Waals surface area contributed by atoms with Gasteiger partial charge in [-0.05, 0) is 128 Å². The summed E-state index contributed by atoms with van der Waals surface area (Å²) < 4.78 is 17.0. The molecule has 0 spiro atoms. The summed E-state index contributed by atoms with van der Waals surface area (Å²) in [4.78, 5) is 38.5. The summed E-state index contributed by atoms with van der Waals surface area (Å²) in [7, 11) is 0. The van der Waals surface area contributed by atoms with E-state index in [0.29, 0.717) is 19.3 Å². The molecule has 0 saturated heterocycles. The largest absolute Gasteiger partial charge is 0.462 e. The smallest absolute Gasteiger partial charge is 0.306 e. The van der Waals surface area contributed by atoms with Gasteiger partial charge in [-0.3, -0.25) is 14.4 Å². The van der Waals surface area contributed by atoms with Crippen LogP contribution < -0.4 is 0 Å². The van der Waals surface area contributed by atoms with Gasteiger partial charge < -0.3 is 14.2 Å². The summed E-state index contributed by atoms with van der Waals surface area (Å²) >= 11 is 0. The van der Waals surface area contributed by atoms with Crippen molar-refractivity contribution in [2.45, 2.75) is 348 Å². The molecule has 1 unspecified atom stereocenters. The molecule has 0 aromatic rings. The molecule has 0 aromatic heterocycles. The molecule has 6 nitrogen and oxygen atoms in total. The highest BCUT2D eigenvalue weighted by atomic mass is 16.6. The molecule has 0 aromatic carbocycles. The summed E-state index contributed by atoms with van der Waals surface area (Å²) in [5.41, 5.74) is 0. The average Bonchev–Trinajstić information content (AvgIpc) is 3.50. The standard InChI is InChI=1S/C77H132O6/c1-4-7-10-13-16-19-22-25-28-31-34-36-37-38-39-41-43-46-49-52-55-58-61-64-67-70-76(79)82-73-74(72-81-75(78)69-66-63-60-57-54-51-48-45-42-33-30-27-24-21-18-15-12-9-6-3)83-77(80)71-68-65-62-59-56-53-50-47-44-40-35-32-29-26-23-20-17-14-11-8-5-2/h7,10,16,18-19,21,23,25-28,30,32,34-36,42,45,74H,4-6,8-9,11-15,17,20,22,24,29,31,33,37-41,43-44,46-73H2,1-3H3/b10-7-,19-16-,21-18-,26-23-,28-25-,30-27-,35-32-,36-34-,45-42-. The number of hydrogen-bond acceptors (Lipinski definition) is 6. The van der Waals surface area contributed by atoms with E-state index < -0.39 is 6.10 Å². The molecule has 0 bridgehead atoms. The average molecular weight is 1150 g/mol. The van der Waals surface area contributed by atoms with Crippen molar-refractivity contribution in [1.29, 1.82) is 0 Å². The number of ether oxygens (including phenoxy) is 3. The number of unbranched alkanes of at least 4 members (excludes halogenated alkanes) is 35. The lowest BCUT2D eigenvalue weighted by Gasteiger charge is -2.18. The minimum absolute atomic E-state index is 0.0845. The van der Waals surface area contributed by atoms with Gasteiger partial charge in [-0.25, -0.2) is 0 Å². The Kier molecular flexibility index (Phi) is 67.2. The zero-order chi connectivity index (χ0) is 59.9. The quantitative estimate of drug-likeness (QED) is 0.0261. The molecule has 0 rings (SSSR count). The zero-order valence-corrected chi connectivity index (χ0v) is 54.7. The van der Waals surface area contributed by atoms with E-state index in [1.165, 1.54) is 193 Å². The van der Waals surface area contributed by atoms with Gasteiger partial charge in [0.05, 0.1) is 0 Å². The summed E-state index contributed by atoms with van der Waals surface area (Å²) in [5, 5.41) is 0. The van der Waals surface area contributed by atoms with Gasteiger partial charge in [0.25, 0.3) is 0 Å². The summed E-state index contributed by atoms with van der Waals surface area (Å²) in [6, 6.07) is 0. The van der Waals surface area contributed by atoms with Gasteiger partial charge in [-0.15, -0.1) is 0 Å². The van der Waals surface area contributed by atoms with Crippen LogP contribution in [-0.2, 0) is 28.6 Å². The molecule has 0 fully saturated rings. The fraction of sp³-hybridized carbons (Fsp3) is 0.727. The summed E-state index contributed by atoms with van der Waals surface area (Å²) in [6.45, 7) is 6.51. The van der Waals surface area contributed by atoms with Crippen LogP contribution in [0.1, 0.15) is 342 Å². The first-order valence-corrected chi connectivity index (χ1v) is 35.4. The third-order valence-corrected chi connectivity index (χ3v) is 15.2. The van der Waals surface area contributed by atoms with Crippen molar-refractivity contribution in [2.75, 3.05) is 13.2 Å². The van der Waals surface area contributed by atoms with E-state index in [-0.39, 0.29) is 31.1 Å².